The van der Waals surface area contributed by atoms with E-state index in [1.54, 1.807) is 30.3 Å². The van der Waals surface area contributed by atoms with Crippen LogP contribution in [0.1, 0.15) is 5.76 Å². The summed E-state index contributed by atoms with van der Waals surface area (Å²) >= 11 is 3.37. The smallest absolute Gasteiger partial charge is 0.240 e. The zero-order valence-electron chi connectivity index (χ0n) is 8.68. The number of carbonyl (C=O) groups excluding carboxylic acids is 1. The van der Waals surface area contributed by atoms with E-state index in [0.717, 1.165) is 10.0 Å². The van der Waals surface area contributed by atoms with Crippen molar-refractivity contribution in [3.8, 4) is 11.3 Å². The highest BCUT2D eigenvalue weighted by atomic mass is 79.9. The van der Waals surface area contributed by atoms with Gasteiger partial charge >= 0.3 is 0 Å². The molecule has 0 radical (unpaired) electrons. The maximum atomic E-state index is 10.1. The molecule has 4 nitrogen and oxygen atoms in total. The van der Waals surface area contributed by atoms with Crippen LogP contribution in [0.2, 0.25) is 0 Å². The van der Waals surface area contributed by atoms with Crippen molar-refractivity contribution < 1.29 is 14.3 Å². The van der Waals surface area contributed by atoms with E-state index >= 15 is 0 Å². The Hall–Kier alpha value is -1.68. The highest BCUT2D eigenvalue weighted by molar-refractivity contribution is 9.10. The van der Waals surface area contributed by atoms with E-state index in [1.165, 1.54) is 6.08 Å². The van der Waals surface area contributed by atoms with Gasteiger partial charge in [0, 0.05) is 10.0 Å². The Labute approximate surface area is 106 Å². The Morgan fingerprint density at radius 2 is 2.18 bits per heavy atom. The third-order valence-corrected chi connectivity index (χ3v) is 2.87. The molecule has 1 aromatic heterocycles. The molecule has 0 saturated carbocycles. The lowest BCUT2D eigenvalue weighted by molar-refractivity contribution is 0.248. The van der Waals surface area contributed by atoms with E-state index in [0.29, 0.717) is 17.2 Å². The maximum Gasteiger partial charge on any atom is 0.240 e. The van der Waals surface area contributed by atoms with Crippen molar-refractivity contribution in [2.75, 3.05) is 0 Å². The number of benzene rings is 1. The van der Waals surface area contributed by atoms with Gasteiger partial charge in [-0.1, -0.05) is 0 Å². The van der Waals surface area contributed by atoms with Crippen LogP contribution >= 0.6 is 15.9 Å². The molecule has 1 heterocycles. The van der Waals surface area contributed by atoms with Crippen molar-refractivity contribution in [2.45, 2.75) is 6.61 Å². The second kappa shape index (κ2) is 5.10. The van der Waals surface area contributed by atoms with Gasteiger partial charge in [-0.15, -0.1) is 0 Å². The summed E-state index contributed by atoms with van der Waals surface area (Å²) in [6, 6.07) is 8.64. The third-order valence-electron chi connectivity index (χ3n) is 2.21. The zero-order chi connectivity index (χ0) is 12.3. The van der Waals surface area contributed by atoms with Crippen molar-refractivity contribution >= 4 is 27.7 Å². The summed E-state index contributed by atoms with van der Waals surface area (Å²) < 4.78 is 6.17. The quantitative estimate of drug-likeness (QED) is 0.698. The summed E-state index contributed by atoms with van der Waals surface area (Å²) in [5.74, 6) is 1.14. The molecule has 1 N–H and O–H groups in total. The van der Waals surface area contributed by atoms with Crippen molar-refractivity contribution in [1.82, 2.24) is 0 Å². The summed E-state index contributed by atoms with van der Waals surface area (Å²) in [6.45, 7) is -0.134. The summed E-state index contributed by atoms with van der Waals surface area (Å²) in [4.78, 5) is 13.6. The highest BCUT2D eigenvalue weighted by Gasteiger charge is 2.08. The lowest BCUT2D eigenvalue weighted by atomic mass is 10.1. The molecule has 0 amide bonds. The van der Waals surface area contributed by atoms with Gasteiger partial charge in [0.25, 0.3) is 0 Å². The fourth-order valence-corrected chi connectivity index (χ4v) is 2.00. The van der Waals surface area contributed by atoms with Gasteiger partial charge < -0.3 is 9.52 Å². The normalized spacial score (nSPS) is 10.0. The summed E-state index contributed by atoms with van der Waals surface area (Å²) in [7, 11) is 0. The predicted molar refractivity (Wildman–Crippen MR) is 65.5 cm³/mol. The molecule has 0 spiro atoms. The molecule has 0 saturated heterocycles. The fourth-order valence-electron chi connectivity index (χ4n) is 1.43. The SMILES string of the molecule is O=C=Nc1ccc(-c2ccc(CO)o2)c(Br)c1. The van der Waals surface area contributed by atoms with Gasteiger partial charge in [-0.25, -0.2) is 4.79 Å². The molecule has 86 valence electrons. The monoisotopic (exact) mass is 293 g/mol. The number of aliphatic hydroxyl groups excluding tert-OH is 1. The molecule has 0 bridgehead atoms. The van der Waals surface area contributed by atoms with Crippen LogP contribution in [0.5, 0.6) is 0 Å². The predicted octanol–water partition coefficient (Wildman–Crippen LogP) is 3.17. The Morgan fingerprint density at radius 1 is 1.35 bits per heavy atom. The minimum absolute atomic E-state index is 0.134. The molecular formula is C12H8BrNO3. The number of hydrogen-bond donors (Lipinski definition) is 1. The van der Waals surface area contributed by atoms with E-state index in [2.05, 4.69) is 20.9 Å². The zero-order valence-corrected chi connectivity index (χ0v) is 10.3. The van der Waals surface area contributed by atoms with Crippen molar-refractivity contribution in [3.05, 3.63) is 40.6 Å². The summed E-state index contributed by atoms with van der Waals surface area (Å²) in [5.41, 5.74) is 1.35. The van der Waals surface area contributed by atoms with Gasteiger partial charge in [0.1, 0.15) is 18.1 Å². The lowest BCUT2D eigenvalue weighted by Gasteiger charge is -2.01. The van der Waals surface area contributed by atoms with Crippen molar-refractivity contribution in [1.29, 1.82) is 0 Å². The minimum Gasteiger partial charge on any atom is -0.459 e. The Bertz CT molecular complexity index is 585. The molecule has 1 aromatic carbocycles. The van der Waals surface area contributed by atoms with E-state index in [-0.39, 0.29) is 6.61 Å². The van der Waals surface area contributed by atoms with Crippen LogP contribution in [0.25, 0.3) is 11.3 Å². The van der Waals surface area contributed by atoms with Crippen LogP contribution in [0.15, 0.2) is 44.2 Å². The largest absolute Gasteiger partial charge is 0.459 e. The average Bonchev–Trinajstić information content (AvgIpc) is 2.78. The Kier molecular flexibility index (Phi) is 3.54. The first-order chi connectivity index (χ1) is 8.24. The van der Waals surface area contributed by atoms with Gasteiger partial charge in [0.2, 0.25) is 6.08 Å². The number of isocyanates is 1. The molecule has 0 atom stereocenters. The maximum absolute atomic E-state index is 10.1. The molecule has 2 aromatic rings. The molecule has 0 fully saturated rings. The van der Waals surface area contributed by atoms with Crippen molar-refractivity contribution in [3.63, 3.8) is 0 Å². The summed E-state index contributed by atoms with van der Waals surface area (Å²) in [5, 5.41) is 8.92. The molecule has 0 aliphatic rings. The number of furan rings is 1. The lowest BCUT2D eigenvalue weighted by Crippen LogP contribution is -1.78. The van der Waals surface area contributed by atoms with E-state index < -0.39 is 0 Å². The first-order valence-electron chi connectivity index (χ1n) is 4.82. The van der Waals surface area contributed by atoms with Crippen LogP contribution in [-0.2, 0) is 11.4 Å². The van der Waals surface area contributed by atoms with Gasteiger partial charge in [-0.05, 0) is 46.3 Å². The fraction of sp³-hybridized carbons (Fsp3) is 0.0833. The van der Waals surface area contributed by atoms with Crippen LogP contribution in [-0.4, -0.2) is 11.2 Å². The average molecular weight is 294 g/mol. The van der Waals surface area contributed by atoms with Crippen molar-refractivity contribution in [2.24, 2.45) is 4.99 Å². The highest BCUT2D eigenvalue weighted by Crippen LogP contribution is 2.32. The molecular weight excluding hydrogens is 286 g/mol. The van der Waals surface area contributed by atoms with E-state index in [9.17, 15) is 4.79 Å². The molecule has 0 unspecified atom stereocenters. The number of rotatable bonds is 3. The minimum atomic E-state index is -0.134. The summed E-state index contributed by atoms with van der Waals surface area (Å²) in [6.07, 6.45) is 1.48. The topological polar surface area (TPSA) is 62.8 Å². The number of aliphatic hydroxyl groups is 1. The number of aliphatic imine (C=N–C) groups is 1. The molecule has 17 heavy (non-hydrogen) atoms. The number of halogens is 1. The molecule has 0 aliphatic carbocycles. The second-order valence-corrected chi connectivity index (χ2v) is 4.15. The van der Waals surface area contributed by atoms with Crippen LogP contribution in [0.4, 0.5) is 5.69 Å². The van der Waals surface area contributed by atoms with Gasteiger partial charge in [0.15, 0.2) is 0 Å². The van der Waals surface area contributed by atoms with Crippen LogP contribution in [0.3, 0.4) is 0 Å². The molecule has 0 aliphatic heterocycles. The van der Waals surface area contributed by atoms with E-state index in [1.807, 2.05) is 0 Å². The van der Waals surface area contributed by atoms with Crippen LogP contribution < -0.4 is 0 Å². The molecule has 2 rings (SSSR count). The van der Waals surface area contributed by atoms with Crippen LogP contribution in [0, 0.1) is 0 Å². The first kappa shape index (κ1) is 11.8. The Morgan fingerprint density at radius 3 is 2.76 bits per heavy atom. The number of nitrogens with zero attached hydrogens (tertiary/aromatic N) is 1. The Balaban J connectivity index is 2.42. The molecule has 5 heteroatoms. The first-order valence-corrected chi connectivity index (χ1v) is 5.61. The van der Waals surface area contributed by atoms with Gasteiger partial charge in [-0.2, -0.15) is 4.99 Å². The standard InChI is InChI=1S/C12H8BrNO3/c13-11-5-8(14-7-16)1-3-10(11)12-4-2-9(6-15)17-12/h1-5,15H,6H2. The second-order valence-electron chi connectivity index (χ2n) is 3.29. The van der Waals surface area contributed by atoms with Gasteiger partial charge in [0.05, 0.1) is 5.69 Å². The number of hydrogen-bond acceptors (Lipinski definition) is 4. The van der Waals surface area contributed by atoms with Gasteiger partial charge in [-0.3, -0.25) is 0 Å². The van der Waals surface area contributed by atoms with E-state index in [4.69, 9.17) is 9.52 Å². The third kappa shape index (κ3) is 2.53.